The molecular formula is C14H19N3S. The molecule has 0 saturated carbocycles. The molecule has 1 aliphatic heterocycles. The number of thioether (sulfide) groups is 1. The van der Waals surface area contributed by atoms with Gasteiger partial charge in [0.15, 0.2) is 0 Å². The second-order valence-electron chi connectivity index (χ2n) is 4.97. The SMILES string of the molecule is CSc1cccc(N2CC(C)CC(N)C2)c1C#N. The molecule has 0 radical (unpaired) electrons. The first kappa shape index (κ1) is 13.3. The van der Waals surface area contributed by atoms with Crippen molar-refractivity contribution >= 4 is 17.4 Å². The number of rotatable bonds is 2. The van der Waals surface area contributed by atoms with Gasteiger partial charge in [0.1, 0.15) is 6.07 Å². The van der Waals surface area contributed by atoms with Crippen LogP contribution in [0.1, 0.15) is 18.9 Å². The molecule has 2 atom stereocenters. The quantitative estimate of drug-likeness (QED) is 0.831. The summed E-state index contributed by atoms with van der Waals surface area (Å²) in [5, 5.41) is 9.37. The van der Waals surface area contributed by atoms with Crippen LogP contribution in [-0.2, 0) is 0 Å². The fraction of sp³-hybridized carbons (Fsp3) is 0.500. The molecule has 2 unspecified atom stereocenters. The molecule has 0 aliphatic carbocycles. The maximum atomic E-state index is 9.37. The molecule has 18 heavy (non-hydrogen) atoms. The Morgan fingerprint density at radius 3 is 2.83 bits per heavy atom. The lowest BCUT2D eigenvalue weighted by atomic mass is 9.95. The molecule has 2 rings (SSSR count). The van der Waals surface area contributed by atoms with Gasteiger partial charge >= 0.3 is 0 Å². The number of nitrogens with two attached hydrogens (primary N) is 1. The predicted octanol–water partition coefficient (Wildman–Crippen LogP) is 2.45. The van der Waals surface area contributed by atoms with Crippen molar-refractivity contribution in [1.82, 2.24) is 0 Å². The zero-order valence-electron chi connectivity index (χ0n) is 10.9. The van der Waals surface area contributed by atoms with Crippen LogP contribution in [-0.4, -0.2) is 25.4 Å². The number of nitriles is 1. The van der Waals surface area contributed by atoms with E-state index in [0.717, 1.165) is 35.7 Å². The molecule has 1 fully saturated rings. The van der Waals surface area contributed by atoms with E-state index in [4.69, 9.17) is 5.73 Å². The third-order valence-electron chi connectivity index (χ3n) is 3.37. The summed E-state index contributed by atoms with van der Waals surface area (Å²) in [6.45, 7) is 4.05. The molecule has 3 nitrogen and oxygen atoms in total. The Kier molecular flexibility index (Phi) is 4.15. The zero-order valence-corrected chi connectivity index (χ0v) is 11.7. The summed E-state index contributed by atoms with van der Waals surface area (Å²) in [7, 11) is 0. The van der Waals surface area contributed by atoms with Gasteiger partial charge in [-0.2, -0.15) is 5.26 Å². The highest BCUT2D eigenvalue weighted by molar-refractivity contribution is 7.98. The highest BCUT2D eigenvalue weighted by Crippen LogP contribution is 2.31. The van der Waals surface area contributed by atoms with E-state index in [1.54, 1.807) is 11.8 Å². The average molecular weight is 261 g/mol. The van der Waals surface area contributed by atoms with Gasteiger partial charge in [-0.15, -0.1) is 11.8 Å². The van der Waals surface area contributed by atoms with Gasteiger partial charge in [-0.3, -0.25) is 0 Å². The normalized spacial score (nSPS) is 23.8. The van der Waals surface area contributed by atoms with Crippen LogP contribution < -0.4 is 10.6 Å². The molecule has 1 aromatic rings. The minimum Gasteiger partial charge on any atom is -0.369 e. The Morgan fingerprint density at radius 1 is 1.44 bits per heavy atom. The Morgan fingerprint density at radius 2 is 2.22 bits per heavy atom. The van der Waals surface area contributed by atoms with Crippen LogP contribution in [0.2, 0.25) is 0 Å². The van der Waals surface area contributed by atoms with Gasteiger partial charge in [0, 0.05) is 24.0 Å². The van der Waals surface area contributed by atoms with Crippen LogP contribution in [0.5, 0.6) is 0 Å². The van der Waals surface area contributed by atoms with E-state index < -0.39 is 0 Å². The fourth-order valence-corrected chi connectivity index (χ4v) is 3.23. The van der Waals surface area contributed by atoms with Crippen LogP contribution in [0.25, 0.3) is 0 Å². The van der Waals surface area contributed by atoms with Crippen LogP contribution in [0.4, 0.5) is 5.69 Å². The Hall–Kier alpha value is -1.18. The van der Waals surface area contributed by atoms with Gasteiger partial charge in [-0.05, 0) is 30.7 Å². The van der Waals surface area contributed by atoms with Crippen molar-refractivity contribution in [1.29, 1.82) is 5.26 Å². The predicted molar refractivity (Wildman–Crippen MR) is 76.9 cm³/mol. The van der Waals surface area contributed by atoms with E-state index in [2.05, 4.69) is 17.9 Å². The van der Waals surface area contributed by atoms with Crippen LogP contribution >= 0.6 is 11.8 Å². The van der Waals surface area contributed by atoms with Crippen LogP contribution in [0.3, 0.4) is 0 Å². The van der Waals surface area contributed by atoms with Crippen molar-refractivity contribution in [2.75, 3.05) is 24.2 Å². The maximum absolute atomic E-state index is 9.37. The molecule has 96 valence electrons. The summed E-state index contributed by atoms with van der Waals surface area (Å²) in [6, 6.07) is 8.60. The van der Waals surface area contributed by atoms with E-state index >= 15 is 0 Å². The van der Waals surface area contributed by atoms with Crippen molar-refractivity contribution in [3.05, 3.63) is 23.8 Å². The molecule has 0 spiro atoms. The number of hydrogen-bond donors (Lipinski definition) is 1. The molecule has 2 N–H and O–H groups in total. The smallest absolute Gasteiger partial charge is 0.103 e. The molecule has 0 bridgehead atoms. The molecule has 0 amide bonds. The lowest BCUT2D eigenvalue weighted by Crippen LogP contribution is -2.46. The van der Waals surface area contributed by atoms with E-state index in [0.29, 0.717) is 5.92 Å². The van der Waals surface area contributed by atoms with Crippen molar-refractivity contribution in [3.8, 4) is 6.07 Å². The second kappa shape index (κ2) is 5.64. The summed E-state index contributed by atoms with van der Waals surface area (Å²) in [5.74, 6) is 0.582. The number of benzene rings is 1. The topological polar surface area (TPSA) is 53.0 Å². The Bertz CT molecular complexity index is 457. The summed E-state index contributed by atoms with van der Waals surface area (Å²) < 4.78 is 0. The molecular weight excluding hydrogens is 242 g/mol. The highest BCUT2D eigenvalue weighted by Gasteiger charge is 2.24. The summed E-state index contributed by atoms with van der Waals surface area (Å²) in [5.41, 5.74) is 7.90. The molecule has 4 heteroatoms. The standard InChI is InChI=1S/C14H19N3S/c1-10-6-11(16)9-17(8-10)13-4-3-5-14(18-2)12(13)7-15/h3-5,10-11H,6,8-9,16H2,1-2H3. The largest absolute Gasteiger partial charge is 0.369 e. The number of hydrogen-bond acceptors (Lipinski definition) is 4. The monoisotopic (exact) mass is 261 g/mol. The Balaban J connectivity index is 2.36. The minimum atomic E-state index is 0.207. The first-order valence-electron chi connectivity index (χ1n) is 6.23. The minimum absolute atomic E-state index is 0.207. The molecule has 0 aromatic heterocycles. The van der Waals surface area contributed by atoms with E-state index in [1.807, 2.05) is 24.5 Å². The zero-order chi connectivity index (χ0) is 13.1. The van der Waals surface area contributed by atoms with Crippen LogP contribution in [0, 0.1) is 17.2 Å². The fourth-order valence-electron chi connectivity index (χ4n) is 2.66. The van der Waals surface area contributed by atoms with Gasteiger partial charge in [0.05, 0.1) is 11.3 Å². The molecule has 1 heterocycles. The lowest BCUT2D eigenvalue weighted by Gasteiger charge is -2.37. The summed E-state index contributed by atoms with van der Waals surface area (Å²) in [4.78, 5) is 3.30. The summed E-state index contributed by atoms with van der Waals surface area (Å²) >= 11 is 1.62. The molecule has 1 aromatic carbocycles. The number of nitrogens with zero attached hydrogens (tertiary/aromatic N) is 2. The van der Waals surface area contributed by atoms with Gasteiger partial charge in [-0.25, -0.2) is 0 Å². The third kappa shape index (κ3) is 2.63. The van der Waals surface area contributed by atoms with Crippen molar-refractivity contribution in [2.24, 2.45) is 11.7 Å². The highest BCUT2D eigenvalue weighted by atomic mass is 32.2. The van der Waals surface area contributed by atoms with E-state index in [1.165, 1.54) is 0 Å². The first-order chi connectivity index (χ1) is 8.65. The molecule has 1 aliphatic rings. The Labute approximate surface area is 113 Å². The van der Waals surface area contributed by atoms with Crippen molar-refractivity contribution in [2.45, 2.75) is 24.3 Å². The van der Waals surface area contributed by atoms with Crippen molar-refractivity contribution < 1.29 is 0 Å². The average Bonchev–Trinajstić information content (AvgIpc) is 2.36. The van der Waals surface area contributed by atoms with E-state index in [-0.39, 0.29) is 6.04 Å². The number of anilines is 1. The summed E-state index contributed by atoms with van der Waals surface area (Å²) in [6.07, 6.45) is 3.07. The van der Waals surface area contributed by atoms with Crippen molar-refractivity contribution in [3.63, 3.8) is 0 Å². The van der Waals surface area contributed by atoms with Gasteiger partial charge in [0.2, 0.25) is 0 Å². The van der Waals surface area contributed by atoms with Gasteiger partial charge < -0.3 is 10.6 Å². The van der Waals surface area contributed by atoms with E-state index in [9.17, 15) is 5.26 Å². The number of piperidine rings is 1. The second-order valence-corrected chi connectivity index (χ2v) is 5.82. The molecule has 1 saturated heterocycles. The van der Waals surface area contributed by atoms with Gasteiger partial charge in [0.25, 0.3) is 0 Å². The van der Waals surface area contributed by atoms with Gasteiger partial charge in [-0.1, -0.05) is 13.0 Å². The maximum Gasteiger partial charge on any atom is 0.103 e. The lowest BCUT2D eigenvalue weighted by molar-refractivity contribution is 0.401. The third-order valence-corrected chi connectivity index (χ3v) is 4.15. The van der Waals surface area contributed by atoms with Crippen LogP contribution in [0.15, 0.2) is 23.1 Å². The first-order valence-corrected chi connectivity index (χ1v) is 7.45.